The molecule has 0 aliphatic heterocycles. The molecule has 0 atom stereocenters. The van der Waals surface area contributed by atoms with E-state index in [9.17, 15) is 9.59 Å². The number of ether oxygens (including phenoxy) is 2. The van der Waals surface area contributed by atoms with E-state index in [1.165, 1.54) is 0 Å². The molecule has 3 rings (SSSR count). The van der Waals surface area contributed by atoms with Crippen molar-refractivity contribution in [3.05, 3.63) is 58.6 Å². The summed E-state index contributed by atoms with van der Waals surface area (Å²) < 4.78 is 11.2. The molecule has 2 aromatic carbocycles. The van der Waals surface area contributed by atoms with Crippen molar-refractivity contribution in [2.24, 2.45) is 11.8 Å². The van der Waals surface area contributed by atoms with Gasteiger partial charge >= 0.3 is 0 Å². The third-order valence-corrected chi connectivity index (χ3v) is 5.94. The van der Waals surface area contributed by atoms with Crippen LogP contribution in [0.3, 0.4) is 0 Å². The second kappa shape index (κ2) is 12.6. The normalized spacial score (nSPS) is 17.9. The molecule has 2 N–H and O–H groups in total. The molecule has 0 spiro atoms. The van der Waals surface area contributed by atoms with Crippen LogP contribution >= 0.6 is 23.2 Å². The highest BCUT2D eigenvalue weighted by molar-refractivity contribution is 6.30. The first kappa shape index (κ1) is 24.2. The number of nitrogens with one attached hydrogen (secondary N) is 2. The van der Waals surface area contributed by atoms with Crippen LogP contribution in [0.25, 0.3) is 0 Å². The Labute approximate surface area is 198 Å². The summed E-state index contributed by atoms with van der Waals surface area (Å²) in [5, 5.41) is 7.16. The third-order valence-electron chi connectivity index (χ3n) is 5.44. The van der Waals surface area contributed by atoms with Crippen LogP contribution in [0.5, 0.6) is 11.5 Å². The molecular formula is C24H28Cl2N2O4. The van der Waals surface area contributed by atoms with Gasteiger partial charge in [0.1, 0.15) is 24.7 Å². The van der Waals surface area contributed by atoms with Gasteiger partial charge in [-0.3, -0.25) is 9.59 Å². The molecule has 0 aromatic heterocycles. The summed E-state index contributed by atoms with van der Waals surface area (Å²) >= 11 is 11.7. The minimum absolute atomic E-state index is 0.0277. The van der Waals surface area contributed by atoms with Gasteiger partial charge < -0.3 is 20.1 Å². The Morgan fingerprint density at radius 2 is 1.03 bits per heavy atom. The molecule has 2 amide bonds. The van der Waals surface area contributed by atoms with E-state index in [4.69, 9.17) is 32.7 Å². The minimum Gasteiger partial charge on any atom is -0.492 e. The highest BCUT2D eigenvalue weighted by Gasteiger charge is 2.29. The summed E-state index contributed by atoms with van der Waals surface area (Å²) in [6, 6.07) is 14.2. The number of benzene rings is 2. The number of amides is 2. The highest BCUT2D eigenvalue weighted by atomic mass is 35.5. The Morgan fingerprint density at radius 1 is 0.688 bits per heavy atom. The van der Waals surface area contributed by atoms with E-state index in [2.05, 4.69) is 10.6 Å². The molecule has 1 aliphatic rings. The monoisotopic (exact) mass is 478 g/mol. The van der Waals surface area contributed by atoms with E-state index in [1.54, 1.807) is 48.5 Å². The van der Waals surface area contributed by atoms with Crippen LogP contribution in [0.15, 0.2) is 48.5 Å². The van der Waals surface area contributed by atoms with Crippen LogP contribution in [0, 0.1) is 11.8 Å². The first-order chi connectivity index (χ1) is 15.5. The van der Waals surface area contributed by atoms with Crippen LogP contribution in [-0.2, 0) is 9.59 Å². The number of hydrogen-bond donors (Lipinski definition) is 2. The van der Waals surface area contributed by atoms with Gasteiger partial charge in [-0.15, -0.1) is 0 Å². The molecule has 32 heavy (non-hydrogen) atoms. The molecule has 172 valence electrons. The van der Waals surface area contributed by atoms with Crippen LogP contribution in [0.2, 0.25) is 10.0 Å². The molecular weight excluding hydrogens is 451 g/mol. The molecule has 0 saturated heterocycles. The molecule has 1 saturated carbocycles. The van der Waals surface area contributed by atoms with Crippen molar-refractivity contribution < 1.29 is 19.1 Å². The molecule has 1 aliphatic carbocycles. The van der Waals surface area contributed by atoms with Gasteiger partial charge in [-0.05, 0) is 74.2 Å². The largest absolute Gasteiger partial charge is 0.492 e. The zero-order chi connectivity index (χ0) is 22.8. The fourth-order valence-electron chi connectivity index (χ4n) is 3.65. The van der Waals surface area contributed by atoms with E-state index in [0.29, 0.717) is 73.5 Å². The standard InChI is InChI=1S/C24H28Cl2N2O4/c25-19-5-9-21(10-6-19)31-15-13-27-23(29)17-1-2-18(4-3-17)24(30)28-14-16-32-22-11-7-20(26)8-12-22/h5-12,17-18H,1-4,13-16H2,(H,27,29)(H,28,30). The van der Waals surface area contributed by atoms with Crippen molar-refractivity contribution in [1.82, 2.24) is 10.6 Å². The van der Waals surface area contributed by atoms with Crippen molar-refractivity contribution in [3.8, 4) is 11.5 Å². The van der Waals surface area contributed by atoms with Crippen LogP contribution < -0.4 is 20.1 Å². The average molecular weight is 479 g/mol. The summed E-state index contributed by atoms with van der Waals surface area (Å²) in [6.45, 7) is 1.66. The number of carbonyl (C=O) groups is 2. The highest BCUT2D eigenvalue weighted by Crippen LogP contribution is 2.29. The van der Waals surface area contributed by atoms with Gasteiger partial charge in [0.25, 0.3) is 0 Å². The molecule has 0 radical (unpaired) electrons. The number of carbonyl (C=O) groups excluding carboxylic acids is 2. The van der Waals surface area contributed by atoms with Crippen molar-refractivity contribution in [2.45, 2.75) is 25.7 Å². The Kier molecular flexibility index (Phi) is 9.50. The van der Waals surface area contributed by atoms with Gasteiger partial charge in [-0.2, -0.15) is 0 Å². The number of rotatable bonds is 10. The van der Waals surface area contributed by atoms with E-state index in [0.717, 1.165) is 0 Å². The predicted octanol–water partition coefficient (Wildman–Crippen LogP) is 4.49. The fraction of sp³-hybridized carbons (Fsp3) is 0.417. The SMILES string of the molecule is O=C(NCCOc1ccc(Cl)cc1)C1CCC(C(=O)NCCOc2ccc(Cl)cc2)CC1. The summed E-state index contributed by atoms with van der Waals surface area (Å²) in [5.74, 6) is 1.38. The molecule has 0 bridgehead atoms. The maximum Gasteiger partial charge on any atom is 0.223 e. The fourth-order valence-corrected chi connectivity index (χ4v) is 3.91. The maximum absolute atomic E-state index is 12.4. The van der Waals surface area contributed by atoms with Crippen LogP contribution in [0.1, 0.15) is 25.7 Å². The van der Waals surface area contributed by atoms with Gasteiger partial charge in [-0.25, -0.2) is 0 Å². The zero-order valence-electron chi connectivity index (χ0n) is 17.8. The van der Waals surface area contributed by atoms with E-state index < -0.39 is 0 Å². The van der Waals surface area contributed by atoms with E-state index in [-0.39, 0.29) is 23.7 Å². The van der Waals surface area contributed by atoms with Gasteiger partial charge in [-0.1, -0.05) is 23.2 Å². The first-order valence-electron chi connectivity index (χ1n) is 10.8. The molecule has 0 unspecified atom stereocenters. The Balaban J connectivity index is 1.26. The predicted molar refractivity (Wildman–Crippen MR) is 125 cm³/mol. The molecule has 1 fully saturated rings. The van der Waals surface area contributed by atoms with Crippen molar-refractivity contribution >= 4 is 35.0 Å². The van der Waals surface area contributed by atoms with Gasteiger partial charge in [0.15, 0.2) is 0 Å². The van der Waals surface area contributed by atoms with E-state index >= 15 is 0 Å². The Bertz CT molecular complexity index is 793. The topological polar surface area (TPSA) is 76.7 Å². The average Bonchev–Trinajstić information content (AvgIpc) is 2.81. The lowest BCUT2D eigenvalue weighted by Gasteiger charge is -2.27. The maximum atomic E-state index is 12.4. The second-order valence-electron chi connectivity index (χ2n) is 7.74. The van der Waals surface area contributed by atoms with E-state index in [1.807, 2.05) is 0 Å². The lowest BCUT2D eigenvalue weighted by Crippen LogP contribution is -2.39. The molecule has 6 nitrogen and oxygen atoms in total. The quantitative estimate of drug-likeness (QED) is 0.493. The van der Waals surface area contributed by atoms with Crippen LogP contribution in [0.4, 0.5) is 0 Å². The molecule has 0 heterocycles. The van der Waals surface area contributed by atoms with Crippen molar-refractivity contribution in [2.75, 3.05) is 26.3 Å². The second-order valence-corrected chi connectivity index (χ2v) is 8.61. The smallest absolute Gasteiger partial charge is 0.223 e. The van der Waals surface area contributed by atoms with Crippen molar-refractivity contribution in [3.63, 3.8) is 0 Å². The lowest BCUT2D eigenvalue weighted by atomic mass is 9.81. The summed E-state index contributed by atoms with van der Waals surface area (Å²) in [4.78, 5) is 24.8. The number of halogens is 2. The zero-order valence-corrected chi connectivity index (χ0v) is 19.3. The summed E-state index contributed by atoms with van der Waals surface area (Å²) in [7, 11) is 0. The van der Waals surface area contributed by atoms with Crippen LogP contribution in [-0.4, -0.2) is 38.1 Å². The Hall–Kier alpha value is -2.44. The van der Waals surface area contributed by atoms with Gasteiger partial charge in [0.05, 0.1) is 13.1 Å². The third kappa shape index (κ3) is 7.92. The minimum atomic E-state index is -0.0529. The lowest BCUT2D eigenvalue weighted by molar-refractivity contribution is -0.130. The number of hydrogen-bond acceptors (Lipinski definition) is 4. The van der Waals surface area contributed by atoms with Gasteiger partial charge in [0, 0.05) is 21.9 Å². The summed E-state index contributed by atoms with van der Waals surface area (Å²) in [6.07, 6.45) is 2.85. The van der Waals surface area contributed by atoms with Gasteiger partial charge in [0.2, 0.25) is 11.8 Å². The molecule has 2 aromatic rings. The first-order valence-corrected chi connectivity index (χ1v) is 11.6. The Morgan fingerprint density at radius 3 is 1.38 bits per heavy atom. The summed E-state index contributed by atoms with van der Waals surface area (Å²) in [5.41, 5.74) is 0. The van der Waals surface area contributed by atoms with Crippen molar-refractivity contribution in [1.29, 1.82) is 0 Å². The molecule has 8 heteroatoms.